The van der Waals surface area contributed by atoms with E-state index in [4.69, 9.17) is 9.47 Å². The third kappa shape index (κ3) is 7.29. The number of rotatable bonds is 11. The van der Waals surface area contributed by atoms with Crippen molar-refractivity contribution in [3.8, 4) is 11.5 Å². The van der Waals surface area contributed by atoms with Crippen molar-refractivity contribution in [3.63, 3.8) is 0 Å². The second-order valence-corrected chi connectivity index (χ2v) is 11.6. The molecule has 0 saturated carbocycles. The van der Waals surface area contributed by atoms with Gasteiger partial charge in [0.15, 0.2) is 11.5 Å². The van der Waals surface area contributed by atoms with Gasteiger partial charge in [0.1, 0.15) is 13.2 Å². The zero-order valence-electron chi connectivity index (χ0n) is 22.6. The predicted molar refractivity (Wildman–Crippen MR) is 157 cm³/mol. The van der Waals surface area contributed by atoms with Crippen molar-refractivity contribution in [2.24, 2.45) is 5.92 Å². The molecule has 0 saturated heterocycles. The third-order valence-electron chi connectivity index (χ3n) is 7.05. The van der Waals surface area contributed by atoms with Crippen molar-refractivity contribution in [1.29, 1.82) is 0 Å². The molecule has 0 fully saturated rings. The Balaban J connectivity index is 0.00000420. The number of anilines is 1. The molecule has 1 aliphatic carbocycles. The van der Waals surface area contributed by atoms with Crippen molar-refractivity contribution in [2.75, 3.05) is 31.5 Å². The number of hydrogen-bond acceptors (Lipinski definition) is 5. The first-order valence-corrected chi connectivity index (χ1v) is 14.9. The average molecular weight is 538 g/mol. The van der Waals surface area contributed by atoms with Crippen LogP contribution in [0.4, 0.5) is 5.69 Å². The molecule has 6 nitrogen and oxygen atoms in total. The van der Waals surface area contributed by atoms with Crippen LogP contribution in [-0.4, -0.2) is 35.2 Å². The highest BCUT2D eigenvalue weighted by Crippen LogP contribution is 2.36. The van der Waals surface area contributed by atoms with E-state index in [0.717, 1.165) is 48.9 Å². The smallest absolute Gasteiger partial charge is 0.262 e. The van der Waals surface area contributed by atoms with Gasteiger partial charge in [0, 0.05) is 14.0 Å². The molecule has 0 aromatic heterocycles. The Bertz CT molecular complexity index is 1300. The van der Waals surface area contributed by atoms with E-state index in [2.05, 4.69) is 46.8 Å². The monoisotopic (exact) mass is 537 g/mol. The summed E-state index contributed by atoms with van der Waals surface area (Å²) in [5, 5.41) is 3.31. The fourth-order valence-electron chi connectivity index (χ4n) is 4.99. The number of unbranched alkanes of at least 4 members (excludes halogenated alkanes) is 1. The lowest BCUT2D eigenvalue weighted by Gasteiger charge is -2.21. The van der Waals surface area contributed by atoms with Gasteiger partial charge in [-0.05, 0) is 80.8 Å². The Morgan fingerprint density at radius 1 is 0.947 bits per heavy atom. The number of allylic oxidation sites excluding steroid dienone is 6. The third-order valence-corrected chi connectivity index (χ3v) is 8.57. The number of sulfonamides is 1. The molecule has 0 spiro atoms. The summed E-state index contributed by atoms with van der Waals surface area (Å²) in [7, 11) is -1.80. The largest absolute Gasteiger partial charge is 0.486 e. The van der Waals surface area contributed by atoms with Crippen LogP contribution in [0.2, 0.25) is 0 Å². The molecule has 38 heavy (non-hydrogen) atoms. The number of fused-ring (bicyclic) bond motifs is 1. The lowest BCUT2D eigenvalue weighted by atomic mass is 9.90. The van der Waals surface area contributed by atoms with Crippen LogP contribution in [0, 0.1) is 26.2 Å². The van der Waals surface area contributed by atoms with E-state index in [-0.39, 0.29) is 6.32 Å². The van der Waals surface area contributed by atoms with Crippen molar-refractivity contribution < 1.29 is 19.3 Å². The molecule has 2 N–H and O–H groups in total. The number of ether oxygens (including phenoxy) is 2. The van der Waals surface area contributed by atoms with E-state index in [1.165, 1.54) is 0 Å². The van der Waals surface area contributed by atoms with Gasteiger partial charge in [-0.1, -0.05) is 61.4 Å². The maximum absolute atomic E-state index is 13.3. The molecule has 1 aliphatic heterocycles. The Morgan fingerprint density at radius 3 is 2.45 bits per heavy atom. The lowest BCUT2D eigenvalue weighted by molar-refractivity contribution is 0.171. The van der Waals surface area contributed by atoms with Gasteiger partial charge >= 0.3 is 0 Å². The highest BCUT2D eigenvalue weighted by atomic mass is 32.2. The molecular formula is C31H41N2O4S. The van der Waals surface area contributed by atoms with Crippen LogP contribution in [0.5, 0.6) is 11.5 Å². The Hall–Kier alpha value is -3.03. The van der Waals surface area contributed by atoms with E-state index < -0.39 is 10.0 Å². The summed E-state index contributed by atoms with van der Waals surface area (Å²) in [6.07, 6.45) is 19.4. The molecule has 1 heterocycles. The molecule has 205 valence electrons. The summed E-state index contributed by atoms with van der Waals surface area (Å²) in [4.78, 5) is 0.285. The molecule has 7 heteroatoms. The summed E-state index contributed by atoms with van der Waals surface area (Å²) >= 11 is 0. The zero-order valence-corrected chi connectivity index (χ0v) is 23.4. The lowest BCUT2D eigenvalue weighted by Crippen LogP contribution is -2.19. The number of likely N-dealkylation sites (N-methyl/N-ethyl adjacent to an activating group) is 1. The van der Waals surface area contributed by atoms with Crippen LogP contribution in [-0.2, 0) is 10.0 Å². The molecule has 0 amide bonds. The molecule has 0 bridgehead atoms. The Labute approximate surface area is 229 Å². The maximum Gasteiger partial charge on any atom is 0.262 e. The normalized spacial score (nSPS) is 20.1. The van der Waals surface area contributed by atoms with Gasteiger partial charge in [0.05, 0.1) is 10.6 Å². The van der Waals surface area contributed by atoms with Gasteiger partial charge in [-0.25, -0.2) is 8.42 Å². The first-order valence-electron chi connectivity index (χ1n) is 13.4. The minimum absolute atomic E-state index is 0. The number of aryl methyl sites for hydroxylation is 2. The molecule has 2 aromatic rings. The van der Waals surface area contributed by atoms with Crippen molar-refractivity contribution in [1.82, 2.24) is 5.32 Å². The van der Waals surface area contributed by atoms with E-state index in [9.17, 15) is 8.42 Å². The highest BCUT2D eigenvalue weighted by molar-refractivity contribution is 7.92. The topological polar surface area (TPSA) is 76.7 Å². The molecule has 2 aliphatic rings. The van der Waals surface area contributed by atoms with Crippen molar-refractivity contribution in [2.45, 2.75) is 50.3 Å². The fraction of sp³-hybridized carbons (Fsp3) is 0.387. The summed E-state index contributed by atoms with van der Waals surface area (Å²) in [5.41, 5.74) is 3.17. The van der Waals surface area contributed by atoms with Crippen molar-refractivity contribution >= 4 is 15.7 Å². The average Bonchev–Trinajstić information content (AvgIpc) is 2.87. The molecule has 2 unspecified atom stereocenters. The number of hydrogen-bond donors (Lipinski definition) is 2. The fourth-order valence-corrected chi connectivity index (χ4v) is 6.34. The molecule has 1 radical (unpaired) electrons. The van der Waals surface area contributed by atoms with Crippen LogP contribution in [0.1, 0.15) is 49.7 Å². The second-order valence-electron chi connectivity index (χ2n) is 9.99. The summed E-state index contributed by atoms with van der Waals surface area (Å²) in [6, 6.07) is 9.23. The van der Waals surface area contributed by atoms with E-state index >= 15 is 0 Å². The zero-order chi connectivity index (χ0) is 27.0. The van der Waals surface area contributed by atoms with E-state index in [0.29, 0.717) is 42.2 Å². The van der Waals surface area contributed by atoms with E-state index in [1.807, 2.05) is 45.2 Å². The van der Waals surface area contributed by atoms with Crippen LogP contribution < -0.4 is 19.5 Å². The van der Waals surface area contributed by atoms with Gasteiger partial charge in [-0.2, -0.15) is 0 Å². The highest BCUT2D eigenvalue weighted by Gasteiger charge is 2.22. The van der Waals surface area contributed by atoms with Gasteiger partial charge in [-0.3, -0.25) is 4.72 Å². The van der Waals surface area contributed by atoms with E-state index in [1.54, 1.807) is 12.1 Å². The summed E-state index contributed by atoms with van der Waals surface area (Å²) < 4.78 is 40.7. The molecule has 4 rings (SSSR count). The maximum atomic E-state index is 13.3. The Morgan fingerprint density at radius 2 is 1.68 bits per heavy atom. The molecule has 2 atom stereocenters. The Kier molecular flexibility index (Phi) is 9.69. The van der Waals surface area contributed by atoms with Crippen LogP contribution >= 0.6 is 0 Å². The molecule has 2 aromatic carbocycles. The van der Waals surface area contributed by atoms with Crippen molar-refractivity contribution in [3.05, 3.63) is 89.9 Å². The molecular weight excluding hydrogens is 496 g/mol. The quantitative estimate of drug-likeness (QED) is 0.321. The first kappa shape index (κ1) is 28.0. The van der Waals surface area contributed by atoms with Gasteiger partial charge in [0.25, 0.3) is 10.0 Å². The predicted octanol–water partition coefficient (Wildman–Crippen LogP) is 6.49. The van der Waals surface area contributed by atoms with Crippen LogP contribution in [0.15, 0.2) is 71.7 Å². The second kappa shape index (κ2) is 13.2. The van der Waals surface area contributed by atoms with Gasteiger partial charge in [0.2, 0.25) is 0 Å². The summed E-state index contributed by atoms with van der Waals surface area (Å²) in [6.45, 7) is 5.51. The van der Waals surface area contributed by atoms with Crippen LogP contribution in [0.3, 0.4) is 0 Å². The standard InChI is InChI=1S/C31H39N2O4S.H2/c1-23-20-29-30(37-18-17-36-29)21-28(23)33-38(34,35)31-16-15-26(19-24(31)2)27(22-32-3)14-10-9-13-25-11-7-5-4-6-8-12-25;/h4-8,11-12,15-16,19-21,25,27,32-33H,9-10,13-14,17-18,22H2,1-3H3;1H/b5-4-,8-6-,11-7-;. The minimum Gasteiger partial charge on any atom is -0.486 e. The van der Waals surface area contributed by atoms with Gasteiger partial charge in [-0.15, -0.1) is 0 Å². The SMILES string of the molecule is CNCC(CCCCC1[CH]\C=C/C=C\C=C/1)c1ccc(S(=O)(=O)Nc2cc3c(cc2C)OCCO3)c(C)c1.[HH]. The minimum atomic E-state index is -3.77. The number of nitrogens with one attached hydrogen (secondary N) is 2. The van der Waals surface area contributed by atoms with Crippen LogP contribution in [0.25, 0.3) is 0 Å². The summed E-state index contributed by atoms with van der Waals surface area (Å²) in [5.74, 6) is 1.98. The number of benzene rings is 2. The van der Waals surface area contributed by atoms with Gasteiger partial charge < -0.3 is 14.8 Å². The first-order chi connectivity index (χ1) is 18.4.